The number of benzene rings is 3. The van der Waals surface area contributed by atoms with E-state index < -0.39 is 0 Å². The second-order valence-electron chi connectivity index (χ2n) is 10.7. The summed E-state index contributed by atoms with van der Waals surface area (Å²) in [6.45, 7) is 4.70. The van der Waals surface area contributed by atoms with Gasteiger partial charge in [0.25, 0.3) is 0 Å². The zero-order valence-corrected chi connectivity index (χ0v) is 24.1. The van der Waals surface area contributed by atoms with Crippen molar-refractivity contribution in [1.82, 2.24) is 10.2 Å². The predicted octanol–water partition coefficient (Wildman–Crippen LogP) is 4.53. The monoisotopic (exact) mass is 571 g/mol. The van der Waals surface area contributed by atoms with Gasteiger partial charge >= 0.3 is 127 Å². The van der Waals surface area contributed by atoms with Crippen LogP contribution in [0, 0.1) is 5.92 Å². The minimum atomic E-state index is -0.0645. The van der Waals surface area contributed by atoms with Crippen LogP contribution in [0.4, 0.5) is 5.69 Å². The van der Waals surface area contributed by atoms with E-state index in [-0.39, 0.29) is 5.91 Å². The van der Waals surface area contributed by atoms with Crippen molar-refractivity contribution in [1.29, 1.82) is 0 Å². The molecular formula is C32H38AsN3O2. The van der Waals surface area contributed by atoms with E-state index in [2.05, 4.69) is 68.8 Å². The molecule has 1 saturated carbocycles. The summed E-state index contributed by atoms with van der Waals surface area (Å²) >= 11 is 2.50. The van der Waals surface area contributed by atoms with Crippen molar-refractivity contribution in [3.8, 4) is 5.75 Å². The molecule has 2 unspecified atom stereocenters. The first-order chi connectivity index (χ1) is 18.6. The number of nitrogens with one attached hydrogen (secondary N) is 2. The standard InChI is InChI=1S/C32H38AsN3O2/c1-38-27-14-12-25(13-15-27)28-21-31(28)34-22-24-16-19-36(20-17-24)18-4-5-23-8-10-26(11-9-23)32(37)35-30-7-3-2-6-29(30)33/h2-3,6-15,24,28,31,34H,4-5,16-22H2,1H3,(H,35,37). The molecule has 2 N–H and O–H groups in total. The molecule has 0 aromatic heterocycles. The number of aryl methyl sites for hydroxylation is 1. The molecule has 5 nitrogen and oxygen atoms in total. The van der Waals surface area contributed by atoms with Crippen molar-refractivity contribution in [2.75, 3.05) is 38.6 Å². The van der Waals surface area contributed by atoms with E-state index in [0.29, 0.717) is 17.5 Å². The van der Waals surface area contributed by atoms with E-state index in [1.54, 1.807) is 7.11 Å². The van der Waals surface area contributed by atoms with Gasteiger partial charge in [-0.3, -0.25) is 0 Å². The van der Waals surface area contributed by atoms with Gasteiger partial charge in [-0.2, -0.15) is 0 Å². The third-order valence-electron chi connectivity index (χ3n) is 8.02. The van der Waals surface area contributed by atoms with E-state index in [4.69, 9.17) is 4.74 Å². The molecule has 1 aliphatic heterocycles. The van der Waals surface area contributed by atoms with E-state index in [0.717, 1.165) is 47.6 Å². The minimum absolute atomic E-state index is 0.0645. The number of likely N-dealkylation sites (tertiary alicyclic amines) is 1. The van der Waals surface area contributed by atoms with Crippen LogP contribution in [0.25, 0.3) is 0 Å². The Kier molecular flexibility index (Phi) is 9.22. The maximum Gasteiger partial charge on any atom is -0.00156 e. The summed E-state index contributed by atoms with van der Waals surface area (Å²) in [5.41, 5.74) is 4.26. The van der Waals surface area contributed by atoms with Gasteiger partial charge in [-0.05, 0) is 62.5 Å². The van der Waals surface area contributed by atoms with Crippen LogP contribution in [0.15, 0.2) is 72.8 Å². The summed E-state index contributed by atoms with van der Waals surface area (Å²) in [6.07, 6.45) is 6.03. The van der Waals surface area contributed by atoms with E-state index >= 15 is 0 Å². The molecule has 1 saturated heterocycles. The first-order valence-corrected chi connectivity index (χ1v) is 14.8. The average Bonchev–Trinajstić information content (AvgIpc) is 3.74. The average molecular weight is 572 g/mol. The number of ether oxygens (including phenoxy) is 1. The molecule has 2 fully saturated rings. The van der Waals surface area contributed by atoms with Gasteiger partial charge in [-0.25, -0.2) is 0 Å². The number of piperidine rings is 1. The molecular weight excluding hydrogens is 533 g/mol. The van der Waals surface area contributed by atoms with Crippen LogP contribution in [-0.2, 0) is 6.42 Å². The Hall–Kier alpha value is -2.59. The Morgan fingerprint density at radius 3 is 2.45 bits per heavy atom. The molecule has 1 heterocycles. The van der Waals surface area contributed by atoms with Crippen LogP contribution in [0.1, 0.15) is 53.1 Å². The Morgan fingerprint density at radius 2 is 1.74 bits per heavy atom. The largest absolute Gasteiger partial charge is 0.0550 e. The molecule has 1 aliphatic carbocycles. The molecule has 3 aromatic carbocycles. The molecule has 38 heavy (non-hydrogen) atoms. The fraction of sp³-hybridized carbons (Fsp3) is 0.406. The SMILES string of the molecule is COc1ccc(C2CC2NCC2CCN(CCCc3ccc(C(=O)Nc4ccccc4[As])cc3)CC2)cc1. The molecule has 198 valence electrons. The smallest absolute Gasteiger partial charge is 0.00156 e. The topological polar surface area (TPSA) is 53.6 Å². The first-order valence-electron chi connectivity index (χ1n) is 13.9. The first kappa shape index (κ1) is 27.0. The molecule has 5 rings (SSSR count). The molecule has 3 aromatic rings. The second kappa shape index (κ2) is 13.0. The zero-order valence-electron chi connectivity index (χ0n) is 22.2. The number of carbonyl (C=O) groups excluding carboxylic acids is 1. The minimum Gasteiger partial charge on any atom is -0.0550 e. The molecule has 6 heteroatoms. The number of para-hydroxylation sites is 1. The third kappa shape index (κ3) is 7.28. The Morgan fingerprint density at radius 1 is 1.00 bits per heavy atom. The van der Waals surface area contributed by atoms with Crippen LogP contribution >= 0.6 is 0 Å². The van der Waals surface area contributed by atoms with Crippen molar-refractivity contribution in [3.05, 3.63) is 89.5 Å². The Bertz CT molecular complexity index is 1190. The van der Waals surface area contributed by atoms with E-state index in [1.807, 2.05) is 36.4 Å². The number of methoxy groups -OCH3 is 1. The predicted molar refractivity (Wildman–Crippen MR) is 156 cm³/mol. The van der Waals surface area contributed by atoms with Gasteiger partial charge in [0.15, 0.2) is 0 Å². The quantitative estimate of drug-likeness (QED) is 0.332. The molecule has 2 atom stereocenters. The number of hydrogen-bond donors (Lipinski definition) is 2. The van der Waals surface area contributed by atoms with E-state index in [9.17, 15) is 4.79 Å². The Balaban J connectivity index is 0.963. The fourth-order valence-electron chi connectivity index (χ4n) is 5.48. The molecule has 2 aliphatic rings. The molecule has 0 bridgehead atoms. The number of anilines is 1. The summed E-state index contributed by atoms with van der Waals surface area (Å²) in [6, 6.07) is 25.1. The van der Waals surface area contributed by atoms with Crippen LogP contribution in [0.2, 0.25) is 0 Å². The fourth-order valence-corrected chi connectivity index (χ4v) is 5.93. The normalized spacial score (nSPS) is 19.7. The number of rotatable bonds is 11. The summed E-state index contributed by atoms with van der Waals surface area (Å²) in [7, 11) is 1.72. The molecule has 1 amide bonds. The van der Waals surface area contributed by atoms with Gasteiger partial charge in [0.2, 0.25) is 0 Å². The molecule has 0 spiro atoms. The number of carbonyl (C=O) groups is 1. The van der Waals surface area contributed by atoms with Gasteiger partial charge in [-0.1, -0.05) is 12.1 Å². The van der Waals surface area contributed by atoms with E-state index in [1.165, 1.54) is 43.5 Å². The summed E-state index contributed by atoms with van der Waals surface area (Å²) in [5, 5.41) is 6.83. The maximum atomic E-state index is 12.6. The Labute approximate surface area is 235 Å². The van der Waals surface area contributed by atoms with Crippen molar-refractivity contribution in [2.45, 2.75) is 44.1 Å². The van der Waals surface area contributed by atoms with Crippen LogP contribution < -0.4 is 19.7 Å². The summed E-state index contributed by atoms with van der Waals surface area (Å²) in [5.74, 6) is 2.32. The number of hydrogen-bond acceptors (Lipinski definition) is 4. The third-order valence-corrected chi connectivity index (χ3v) is 8.84. The van der Waals surface area contributed by atoms with Crippen molar-refractivity contribution >= 4 is 32.8 Å². The van der Waals surface area contributed by atoms with Crippen molar-refractivity contribution in [2.24, 2.45) is 5.92 Å². The van der Waals surface area contributed by atoms with Crippen LogP contribution in [0.5, 0.6) is 5.75 Å². The molecule has 2 radical (unpaired) electrons. The van der Waals surface area contributed by atoms with Gasteiger partial charge in [-0.15, -0.1) is 0 Å². The second-order valence-corrected chi connectivity index (χ2v) is 11.7. The van der Waals surface area contributed by atoms with Crippen LogP contribution in [0.3, 0.4) is 0 Å². The van der Waals surface area contributed by atoms with Gasteiger partial charge in [0, 0.05) is 12.0 Å². The van der Waals surface area contributed by atoms with Gasteiger partial charge in [0.05, 0.1) is 7.11 Å². The van der Waals surface area contributed by atoms with Crippen LogP contribution in [-0.4, -0.2) is 67.0 Å². The van der Waals surface area contributed by atoms with Gasteiger partial charge < -0.3 is 10.1 Å². The number of nitrogens with zero attached hydrogens (tertiary/aromatic N) is 1. The van der Waals surface area contributed by atoms with Crippen molar-refractivity contribution in [3.63, 3.8) is 0 Å². The zero-order chi connectivity index (χ0) is 26.3. The van der Waals surface area contributed by atoms with Crippen molar-refractivity contribution < 1.29 is 9.53 Å². The summed E-state index contributed by atoms with van der Waals surface area (Å²) < 4.78 is 6.28. The van der Waals surface area contributed by atoms with Gasteiger partial charge in [0.1, 0.15) is 5.75 Å². The maximum absolute atomic E-state index is 12.6. The summed E-state index contributed by atoms with van der Waals surface area (Å²) in [4.78, 5) is 15.2. The number of amides is 1.